The number of nitrogens with one attached hydrogen (secondary N) is 1. The van der Waals surface area contributed by atoms with Crippen molar-refractivity contribution in [3.05, 3.63) is 72.0 Å². The van der Waals surface area contributed by atoms with Gasteiger partial charge in [-0.25, -0.2) is 4.39 Å². The Kier molecular flexibility index (Phi) is 5.35. The Morgan fingerprint density at radius 1 is 1.14 bits per heavy atom. The number of benzene rings is 2. The first-order chi connectivity index (χ1) is 14.0. The van der Waals surface area contributed by atoms with Gasteiger partial charge in [0.15, 0.2) is 11.9 Å². The number of aromatic amines is 1. The Hall–Kier alpha value is -3.13. The summed E-state index contributed by atoms with van der Waals surface area (Å²) in [4.78, 5) is 16.0. The van der Waals surface area contributed by atoms with Crippen molar-refractivity contribution >= 4 is 28.4 Å². The first-order valence-corrected chi connectivity index (χ1v) is 9.92. The third kappa shape index (κ3) is 4.17. The van der Waals surface area contributed by atoms with Crippen LogP contribution in [0.5, 0.6) is 5.75 Å². The number of nitrogens with zero attached hydrogens (tertiary/aromatic N) is 2. The third-order valence-electron chi connectivity index (χ3n) is 4.40. The van der Waals surface area contributed by atoms with Crippen LogP contribution < -0.4 is 4.74 Å². The smallest absolute Gasteiger partial charge is 0.277 e. The molecule has 0 spiro atoms. The fraction of sp³-hybridized carbons (Fsp3) is 0.190. The molecule has 1 N–H and O–H groups in total. The minimum atomic E-state index is -0.512. The molecule has 29 heavy (non-hydrogen) atoms. The van der Waals surface area contributed by atoms with Crippen molar-refractivity contribution in [1.82, 2.24) is 15.2 Å². The van der Waals surface area contributed by atoms with Gasteiger partial charge in [0.25, 0.3) is 11.1 Å². The predicted octanol–water partition coefficient (Wildman–Crippen LogP) is 5.19. The highest BCUT2D eigenvalue weighted by molar-refractivity contribution is 8.00. The highest BCUT2D eigenvalue weighted by Crippen LogP contribution is 2.29. The van der Waals surface area contributed by atoms with Gasteiger partial charge in [-0.15, -0.1) is 10.2 Å². The summed E-state index contributed by atoms with van der Waals surface area (Å²) in [5.74, 6) is 0.413. The number of carbonyl (C=O) groups excluding carboxylic acids is 1. The second kappa shape index (κ2) is 8.08. The van der Waals surface area contributed by atoms with Crippen LogP contribution in [0.15, 0.2) is 64.4 Å². The number of aromatic nitrogens is 3. The monoisotopic (exact) mass is 411 g/mol. The topological polar surface area (TPSA) is 81.0 Å². The fourth-order valence-electron chi connectivity index (χ4n) is 2.90. The SMILES string of the molecule is C[C@H](Oc1ccc(F)cc1)c1nnc(S[C@H](C)C(=O)c2c[nH]c3ccccc23)o1. The van der Waals surface area contributed by atoms with E-state index in [9.17, 15) is 9.18 Å². The summed E-state index contributed by atoms with van der Waals surface area (Å²) in [6, 6.07) is 13.3. The number of thioether (sulfide) groups is 1. The van der Waals surface area contributed by atoms with Crippen LogP contribution in [0.4, 0.5) is 4.39 Å². The Bertz CT molecular complexity index is 1140. The van der Waals surface area contributed by atoms with E-state index >= 15 is 0 Å². The van der Waals surface area contributed by atoms with Crippen LogP contribution in [-0.4, -0.2) is 26.2 Å². The lowest BCUT2D eigenvalue weighted by Crippen LogP contribution is -2.13. The van der Waals surface area contributed by atoms with Gasteiger partial charge in [-0.1, -0.05) is 30.0 Å². The van der Waals surface area contributed by atoms with Crippen molar-refractivity contribution < 1.29 is 18.3 Å². The van der Waals surface area contributed by atoms with E-state index in [0.29, 0.717) is 11.3 Å². The van der Waals surface area contributed by atoms with E-state index in [1.807, 2.05) is 24.3 Å². The summed E-state index contributed by atoms with van der Waals surface area (Å²) < 4.78 is 24.3. The quantitative estimate of drug-likeness (QED) is 0.333. The van der Waals surface area contributed by atoms with Crippen LogP contribution in [0.3, 0.4) is 0 Å². The van der Waals surface area contributed by atoms with Gasteiger partial charge in [0.1, 0.15) is 11.6 Å². The summed E-state index contributed by atoms with van der Waals surface area (Å²) in [5, 5.41) is 8.77. The third-order valence-corrected chi connectivity index (χ3v) is 5.33. The van der Waals surface area contributed by atoms with E-state index in [1.165, 1.54) is 36.0 Å². The normalized spacial score (nSPS) is 13.3. The highest BCUT2D eigenvalue weighted by atomic mass is 32.2. The summed E-state index contributed by atoms with van der Waals surface area (Å²) in [5.41, 5.74) is 1.55. The van der Waals surface area contributed by atoms with Gasteiger partial charge in [0.2, 0.25) is 0 Å². The molecule has 0 aliphatic rings. The van der Waals surface area contributed by atoms with Gasteiger partial charge in [0, 0.05) is 22.7 Å². The Morgan fingerprint density at radius 3 is 2.69 bits per heavy atom. The number of rotatable bonds is 7. The molecule has 0 bridgehead atoms. The van der Waals surface area contributed by atoms with Crippen molar-refractivity contribution in [2.24, 2.45) is 0 Å². The second-order valence-electron chi connectivity index (χ2n) is 6.49. The molecule has 2 heterocycles. The first-order valence-electron chi connectivity index (χ1n) is 9.04. The molecule has 0 amide bonds. The van der Waals surface area contributed by atoms with Crippen molar-refractivity contribution in [2.45, 2.75) is 30.4 Å². The van der Waals surface area contributed by atoms with E-state index in [-0.39, 0.29) is 22.7 Å². The molecule has 0 radical (unpaired) electrons. The maximum atomic E-state index is 13.0. The summed E-state index contributed by atoms with van der Waals surface area (Å²) in [6.07, 6.45) is 1.21. The largest absolute Gasteiger partial charge is 0.481 e. The molecule has 2 aromatic carbocycles. The molecule has 8 heteroatoms. The van der Waals surface area contributed by atoms with Crippen LogP contribution in [-0.2, 0) is 0 Å². The molecule has 148 valence electrons. The predicted molar refractivity (Wildman–Crippen MR) is 108 cm³/mol. The standard InChI is InChI=1S/C21H18FN3O3S/c1-12(27-15-9-7-14(22)8-10-15)20-24-25-21(28-20)29-13(2)19(26)17-11-23-18-6-4-3-5-16(17)18/h3-13,23H,1-2H3/t12-,13+/m0/s1. The van der Waals surface area contributed by atoms with Crippen LogP contribution in [0.25, 0.3) is 10.9 Å². The average Bonchev–Trinajstić information content (AvgIpc) is 3.36. The number of H-pyrrole nitrogens is 1. The van der Waals surface area contributed by atoms with E-state index in [1.54, 1.807) is 20.0 Å². The van der Waals surface area contributed by atoms with Gasteiger partial charge < -0.3 is 14.1 Å². The van der Waals surface area contributed by atoms with Crippen LogP contribution in [0.2, 0.25) is 0 Å². The Morgan fingerprint density at radius 2 is 1.90 bits per heavy atom. The van der Waals surface area contributed by atoms with Gasteiger partial charge >= 0.3 is 0 Å². The molecule has 6 nitrogen and oxygen atoms in total. The fourth-order valence-corrected chi connectivity index (χ4v) is 3.66. The molecule has 4 aromatic rings. The number of ketones is 1. The van der Waals surface area contributed by atoms with E-state index < -0.39 is 11.4 Å². The van der Waals surface area contributed by atoms with Gasteiger partial charge in [-0.2, -0.15) is 0 Å². The van der Waals surface area contributed by atoms with Crippen molar-refractivity contribution in [3.8, 4) is 5.75 Å². The van der Waals surface area contributed by atoms with Crippen LogP contribution >= 0.6 is 11.8 Å². The zero-order chi connectivity index (χ0) is 20.4. The number of hydrogen-bond donors (Lipinski definition) is 1. The lowest BCUT2D eigenvalue weighted by molar-refractivity contribution is 0.0995. The number of para-hydroxylation sites is 1. The molecule has 0 unspecified atom stereocenters. The average molecular weight is 411 g/mol. The van der Waals surface area contributed by atoms with Gasteiger partial charge in [-0.05, 0) is 44.2 Å². The van der Waals surface area contributed by atoms with E-state index in [0.717, 1.165) is 10.9 Å². The maximum absolute atomic E-state index is 13.0. The molecule has 0 saturated carbocycles. The number of hydrogen-bond acceptors (Lipinski definition) is 6. The van der Waals surface area contributed by atoms with Gasteiger partial charge in [-0.3, -0.25) is 4.79 Å². The zero-order valence-corrected chi connectivity index (χ0v) is 16.6. The van der Waals surface area contributed by atoms with Gasteiger partial charge in [0.05, 0.1) is 5.25 Å². The molecule has 0 saturated heterocycles. The van der Waals surface area contributed by atoms with E-state index in [2.05, 4.69) is 15.2 Å². The Labute approximate surface area is 170 Å². The van der Waals surface area contributed by atoms with Crippen LogP contribution in [0.1, 0.15) is 36.2 Å². The molecular weight excluding hydrogens is 393 g/mol. The van der Waals surface area contributed by atoms with Crippen molar-refractivity contribution in [3.63, 3.8) is 0 Å². The molecule has 0 aliphatic carbocycles. The molecule has 2 atom stereocenters. The minimum Gasteiger partial charge on any atom is -0.481 e. The second-order valence-corrected chi connectivity index (χ2v) is 7.78. The van der Waals surface area contributed by atoms with E-state index in [4.69, 9.17) is 9.15 Å². The number of ether oxygens (including phenoxy) is 1. The summed E-state index contributed by atoms with van der Waals surface area (Å²) >= 11 is 1.20. The minimum absolute atomic E-state index is 0.0252. The van der Waals surface area contributed by atoms with Crippen molar-refractivity contribution in [1.29, 1.82) is 0 Å². The highest BCUT2D eigenvalue weighted by Gasteiger charge is 2.23. The summed E-state index contributed by atoms with van der Waals surface area (Å²) in [6.45, 7) is 3.56. The molecular formula is C21H18FN3O3S. The number of Topliss-reactive ketones (excluding diaryl/α,β-unsaturated/α-hetero) is 1. The first kappa shape index (κ1) is 19.2. The summed E-state index contributed by atoms with van der Waals surface area (Å²) in [7, 11) is 0. The molecule has 0 fully saturated rings. The zero-order valence-electron chi connectivity index (χ0n) is 15.8. The number of carbonyl (C=O) groups is 1. The Balaban J connectivity index is 1.42. The molecule has 2 aromatic heterocycles. The lowest BCUT2D eigenvalue weighted by atomic mass is 10.1. The maximum Gasteiger partial charge on any atom is 0.277 e. The molecule has 4 rings (SSSR count). The number of halogens is 1. The van der Waals surface area contributed by atoms with Crippen LogP contribution in [0, 0.1) is 5.82 Å². The lowest BCUT2D eigenvalue weighted by Gasteiger charge is -2.10. The number of fused-ring (bicyclic) bond motifs is 1. The molecule has 0 aliphatic heterocycles. The van der Waals surface area contributed by atoms with Crippen molar-refractivity contribution in [2.75, 3.05) is 0 Å².